The molecule has 0 aliphatic rings. The Morgan fingerprint density at radius 3 is 2.94 bits per heavy atom. The molecule has 0 aliphatic carbocycles. The zero-order chi connectivity index (χ0) is 13.2. The fraction of sp³-hybridized carbons (Fsp3) is 0.500. The highest BCUT2D eigenvalue weighted by Crippen LogP contribution is 2.19. The Morgan fingerprint density at radius 1 is 1.39 bits per heavy atom. The minimum Gasteiger partial charge on any atom is -0.493 e. The van der Waals surface area contributed by atoms with Gasteiger partial charge in [-0.2, -0.15) is 0 Å². The summed E-state index contributed by atoms with van der Waals surface area (Å²) in [4.78, 5) is 0. The topological polar surface area (TPSA) is 21.3 Å². The van der Waals surface area contributed by atoms with Crippen LogP contribution in [0.4, 0.5) is 0 Å². The lowest BCUT2D eigenvalue weighted by Gasteiger charge is -2.14. The number of nitrogens with one attached hydrogen (secondary N) is 1. The molecule has 2 heteroatoms. The molecule has 1 N–H and O–H groups in total. The highest BCUT2D eigenvalue weighted by molar-refractivity contribution is 5.30. The fourth-order valence-electron chi connectivity index (χ4n) is 1.70. The minimum absolute atomic E-state index is 0.365. The summed E-state index contributed by atoms with van der Waals surface area (Å²) in [5.41, 5.74) is 1.27. The van der Waals surface area contributed by atoms with Crippen LogP contribution in [0.2, 0.25) is 0 Å². The van der Waals surface area contributed by atoms with Crippen molar-refractivity contribution in [1.82, 2.24) is 5.32 Å². The van der Waals surface area contributed by atoms with E-state index in [1.54, 1.807) is 0 Å². The molecule has 0 amide bonds. The molecule has 0 heterocycles. The molecule has 0 fully saturated rings. The summed E-state index contributed by atoms with van der Waals surface area (Å²) in [6, 6.07) is 8.64. The van der Waals surface area contributed by atoms with Crippen molar-refractivity contribution in [3.05, 3.63) is 29.8 Å². The average Bonchev–Trinajstić information content (AvgIpc) is 2.41. The van der Waals surface area contributed by atoms with Crippen LogP contribution in [0.25, 0.3) is 0 Å². The van der Waals surface area contributed by atoms with Crippen LogP contribution in [0, 0.1) is 11.8 Å². The van der Waals surface area contributed by atoms with Crippen molar-refractivity contribution in [2.24, 2.45) is 0 Å². The SMILES string of the molecule is CC#CCCOc1cccc(C(C)NCCC)c1. The van der Waals surface area contributed by atoms with Crippen LogP contribution in [0.1, 0.15) is 45.2 Å². The Morgan fingerprint density at radius 2 is 2.22 bits per heavy atom. The van der Waals surface area contributed by atoms with E-state index in [2.05, 4.69) is 43.1 Å². The van der Waals surface area contributed by atoms with E-state index in [9.17, 15) is 0 Å². The van der Waals surface area contributed by atoms with E-state index < -0.39 is 0 Å². The second-order valence-corrected chi connectivity index (χ2v) is 4.27. The molecule has 0 spiro atoms. The summed E-state index contributed by atoms with van der Waals surface area (Å²) < 4.78 is 5.67. The van der Waals surface area contributed by atoms with Gasteiger partial charge in [0.25, 0.3) is 0 Å². The molecular weight excluding hydrogens is 222 g/mol. The lowest BCUT2D eigenvalue weighted by atomic mass is 10.1. The number of benzene rings is 1. The third-order valence-electron chi connectivity index (χ3n) is 2.73. The summed E-state index contributed by atoms with van der Waals surface area (Å²) in [7, 11) is 0. The summed E-state index contributed by atoms with van der Waals surface area (Å²) in [5.74, 6) is 6.79. The Hall–Kier alpha value is -1.46. The normalized spacial score (nSPS) is 11.5. The maximum Gasteiger partial charge on any atom is 0.119 e. The molecule has 0 aromatic heterocycles. The first-order chi connectivity index (χ1) is 8.77. The van der Waals surface area contributed by atoms with Crippen LogP contribution in [-0.4, -0.2) is 13.2 Å². The first kappa shape index (κ1) is 14.6. The molecule has 1 rings (SSSR count). The number of ether oxygens (including phenoxy) is 1. The van der Waals surface area contributed by atoms with Crippen molar-refractivity contribution < 1.29 is 4.74 Å². The standard InChI is InChI=1S/C16H23NO/c1-4-6-7-12-18-16-10-8-9-15(13-16)14(3)17-11-5-2/h8-10,13-14,17H,5,7,11-12H2,1-3H3. The third-order valence-corrected chi connectivity index (χ3v) is 2.73. The van der Waals surface area contributed by atoms with Gasteiger partial charge in [0.15, 0.2) is 0 Å². The van der Waals surface area contributed by atoms with Crippen molar-refractivity contribution in [3.63, 3.8) is 0 Å². The largest absolute Gasteiger partial charge is 0.493 e. The van der Waals surface area contributed by atoms with Gasteiger partial charge in [-0.25, -0.2) is 0 Å². The average molecular weight is 245 g/mol. The van der Waals surface area contributed by atoms with Crippen LogP contribution >= 0.6 is 0 Å². The lowest BCUT2D eigenvalue weighted by Crippen LogP contribution is -2.19. The molecule has 0 saturated carbocycles. The molecule has 2 nitrogen and oxygen atoms in total. The quantitative estimate of drug-likeness (QED) is 0.586. The maximum atomic E-state index is 5.67. The van der Waals surface area contributed by atoms with E-state index >= 15 is 0 Å². The van der Waals surface area contributed by atoms with E-state index in [1.807, 2.05) is 19.1 Å². The van der Waals surface area contributed by atoms with E-state index in [0.717, 1.165) is 25.1 Å². The summed E-state index contributed by atoms with van der Waals surface area (Å²) in [5, 5.41) is 3.47. The van der Waals surface area contributed by atoms with E-state index in [0.29, 0.717) is 12.6 Å². The predicted molar refractivity (Wildman–Crippen MR) is 76.7 cm³/mol. The molecule has 0 aliphatic heterocycles. The molecular formula is C16H23NO. The van der Waals surface area contributed by atoms with Gasteiger partial charge in [-0.1, -0.05) is 19.1 Å². The van der Waals surface area contributed by atoms with Gasteiger partial charge in [-0.15, -0.1) is 11.8 Å². The molecule has 98 valence electrons. The monoisotopic (exact) mass is 245 g/mol. The number of rotatable bonds is 7. The molecule has 1 atom stereocenters. The zero-order valence-corrected chi connectivity index (χ0v) is 11.6. The van der Waals surface area contributed by atoms with Crippen LogP contribution < -0.4 is 10.1 Å². The second kappa shape index (κ2) is 8.60. The smallest absolute Gasteiger partial charge is 0.119 e. The van der Waals surface area contributed by atoms with E-state index in [4.69, 9.17) is 4.74 Å². The number of hydrogen-bond acceptors (Lipinski definition) is 2. The van der Waals surface area contributed by atoms with Crippen LogP contribution in [-0.2, 0) is 0 Å². The second-order valence-electron chi connectivity index (χ2n) is 4.27. The van der Waals surface area contributed by atoms with Crippen molar-refractivity contribution in [3.8, 4) is 17.6 Å². The first-order valence-electron chi connectivity index (χ1n) is 6.63. The van der Waals surface area contributed by atoms with Crippen LogP contribution in [0.15, 0.2) is 24.3 Å². The number of hydrogen-bond donors (Lipinski definition) is 1. The van der Waals surface area contributed by atoms with Crippen LogP contribution in [0.3, 0.4) is 0 Å². The Bertz CT molecular complexity index is 403. The summed E-state index contributed by atoms with van der Waals surface area (Å²) >= 11 is 0. The highest BCUT2D eigenvalue weighted by atomic mass is 16.5. The third kappa shape index (κ3) is 5.25. The zero-order valence-electron chi connectivity index (χ0n) is 11.6. The van der Waals surface area contributed by atoms with Gasteiger partial charge in [0, 0.05) is 12.5 Å². The molecule has 18 heavy (non-hydrogen) atoms. The molecule has 1 aromatic carbocycles. The van der Waals surface area contributed by atoms with E-state index in [-0.39, 0.29) is 0 Å². The maximum absolute atomic E-state index is 5.67. The van der Waals surface area contributed by atoms with Gasteiger partial charge in [0.2, 0.25) is 0 Å². The molecule has 0 saturated heterocycles. The highest BCUT2D eigenvalue weighted by Gasteiger charge is 2.04. The summed E-state index contributed by atoms with van der Waals surface area (Å²) in [6.07, 6.45) is 1.93. The van der Waals surface area contributed by atoms with Crippen LogP contribution in [0.5, 0.6) is 5.75 Å². The Labute approximate surface area is 111 Å². The molecule has 1 aromatic rings. The van der Waals surface area contributed by atoms with Crippen molar-refractivity contribution in [2.75, 3.05) is 13.2 Å². The van der Waals surface area contributed by atoms with Gasteiger partial charge in [-0.05, 0) is 44.5 Å². The van der Waals surface area contributed by atoms with E-state index in [1.165, 1.54) is 5.56 Å². The van der Waals surface area contributed by atoms with Crippen molar-refractivity contribution in [1.29, 1.82) is 0 Å². The Balaban J connectivity index is 2.52. The van der Waals surface area contributed by atoms with Gasteiger partial charge < -0.3 is 10.1 Å². The van der Waals surface area contributed by atoms with Gasteiger partial charge in [0.1, 0.15) is 5.75 Å². The molecule has 1 unspecified atom stereocenters. The Kier molecular flexibility index (Phi) is 6.98. The van der Waals surface area contributed by atoms with Crippen molar-refractivity contribution >= 4 is 0 Å². The fourth-order valence-corrected chi connectivity index (χ4v) is 1.70. The van der Waals surface area contributed by atoms with Gasteiger partial charge >= 0.3 is 0 Å². The first-order valence-corrected chi connectivity index (χ1v) is 6.63. The minimum atomic E-state index is 0.365. The molecule has 0 radical (unpaired) electrons. The molecule has 0 bridgehead atoms. The predicted octanol–water partition coefficient (Wildman–Crippen LogP) is 3.54. The van der Waals surface area contributed by atoms with Gasteiger partial charge in [-0.3, -0.25) is 0 Å². The summed E-state index contributed by atoms with van der Waals surface area (Å²) in [6.45, 7) is 7.90. The lowest BCUT2D eigenvalue weighted by molar-refractivity contribution is 0.326. The van der Waals surface area contributed by atoms with Gasteiger partial charge in [0.05, 0.1) is 6.61 Å². The van der Waals surface area contributed by atoms with Crippen molar-refractivity contribution in [2.45, 2.75) is 39.7 Å².